The molecule has 26 heavy (non-hydrogen) atoms. The smallest absolute Gasteiger partial charge is 0.353 e. The van der Waals surface area contributed by atoms with Crippen LogP contribution in [0, 0.1) is 0 Å². The maximum atomic E-state index is 12.5. The number of hydrogen-bond acceptors (Lipinski definition) is 5. The molecule has 1 saturated heterocycles. The van der Waals surface area contributed by atoms with Gasteiger partial charge in [-0.25, -0.2) is 4.79 Å². The number of amides is 2. The lowest BCUT2D eigenvalue weighted by atomic mass is 9.97. The Morgan fingerprint density at radius 3 is 2.46 bits per heavy atom. The van der Waals surface area contributed by atoms with Gasteiger partial charge in [-0.05, 0) is 5.56 Å². The number of hydrogen-bond donors (Lipinski definition) is 3. The number of thioether (sulfide) groups is 1. The summed E-state index contributed by atoms with van der Waals surface area (Å²) in [5, 5.41) is 20.4. The van der Waals surface area contributed by atoms with Crippen LogP contribution in [0.3, 0.4) is 0 Å². The molecule has 0 radical (unpaired) electrons. The zero-order chi connectivity index (χ0) is 19.0. The summed E-state index contributed by atoms with van der Waals surface area (Å²) in [7, 11) is 0. The first-order valence-electron chi connectivity index (χ1n) is 7.47. The van der Waals surface area contributed by atoms with E-state index >= 15 is 0 Å². The quantitative estimate of drug-likeness (QED) is 0.496. The third-order valence-electron chi connectivity index (χ3n) is 4.06. The summed E-state index contributed by atoms with van der Waals surface area (Å²) in [6.07, 6.45) is 0. The Kier molecular flexibility index (Phi) is 4.92. The van der Waals surface area contributed by atoms with Gasteiger partial charge >= 0.3 is 11.9 Å². The van der Waals surface area contributed by atoms with Crippen molar-refractivity contribution in [3.05, 3.63) is 46.6 Å². The maximum absolute atomic E-state index is 12.5. The van der Waals surface area contributed by atoms with E-state index in [1.54, 1.807) is 18.2 Å². The average molecular weight is 397 g/mol. The number of halogens is 1. The van der Waals surface area contributed by atoms with Gasteiger partial charge < -0.3 is 15.5 Å². The summed E-state index contributed by atoms with van der Waals surface area (Å²) in [6, 6.07) is 6.92. The number of aliphatic carboxylic acids is 2. The van der Waals surface area contributed by atoms with Gasteiger partial charge in [-0.1, -0.05) is 41.9 Å². The number of carbonyl (C=O) groups excluding carboxylic acids is 2. The van der Waals surface area contributed by atoms with Crippen LogP contribution in [0.15, 0.2) is 41.1 Å². The van der Waals surface area contributed by atoms with Crippen LogP contribution in [0.4, 0.5) is 0 Å². The zero-order valence-electron chi connectivity index (χ0n) is 13.1. The van der Waals surface area contributed by atoms with Crippen LogP contribution in [0.5, 0.6) is 0 Å². The predicted molar refractivity (Wildman–Crippen MR) is 92.4 cm³/mol. The van der Waals surface area contributed by atoms with Crippen LogP contribution in [0.2, 0.25) is 0 Å². The fourth-order valence-electron chi connectivity index (χ4n) is 2.87. The largest absolute Gasteiger partial charge is 0.480 e. The number of carboxylic acids is 2. The highest BCUT2D eigenvalue weighted by Gasteiger charge is 2.54. The SMILES string of the molecule is O=C(O)C1=C(Cl)CS[C@H]2C(NC(=O)C(C(=O)O)c3ccccc3)C(=O)N12. The Labute approximate surface area is 156 Å². The highest BCUT2D eigenvalue weighted by atomic mass is 35.5. The van der Waals surface area contributed by atoms with Gasteiger partial charge in [-0.15, -0.1) is 11.8 Å². The number of fused-ring (bicyclic) bond motifs is 1. The van der Waals surface area contributed by atoms with E-state index in [-0.39, 0.29) is 22.0 Å². The topological polar surface area (TPSA) is 124 Å². The van der Waals surface area contributed by atoms with Crippen molar-refractivity contribution in [1.29, 1.82) is 0 Å². The minimum Gasteiger partial charge on any atom is -0.480 e. The number of rotatable bonds is 5. The third kappa shape index (κ3) is 3.04. The molecular weight excluding hydrogens is 384 g/mol. The summed E-state index contributed by atoms with van der Waals surface area (Å²) in [6.45, 7) is 0. The number of β-lactam (4-membered cyclic amide) rings is 1. The molecule has 0 aromatic heterocycles. The van der Waals surface area contributed by atoms with Crippen LogP contribution < -0.4 is 5.32 Å². The van der Waals surface area contributed by atoms with Crippen LogP contribution in [0.1, 0.15) is 11.5 Å². The molecule has 2 unspecified atom stereocenters. The van der Waals surface area contributed by atoms with E-state index in [1.165, 1.54) is 23.9 Å². The van der Waals surface area contributed by atoms with Crippen molar-refractivity contribution in [1.82, 2.24) is 10.2 Å². The van der Waals surface area contributed by atoms with Crippen molar-refractivity contribution in [2.24, 2.45) is 0 Å². The lowest BCUT2D eigenvalue weighted by molar-refractivity contribution is -0.152. The normalized spacial score (nSPS) is 23.0. The highest BCUT2D eigenvalue weighted by molar-refractivity contribution is 8.00. The van der Waals surface area contributed by atoms with Crippen molar-refractivity contribution in [3.8, 4) is 0 Å². The summed E-state index contributed by atoms with van der Waals surface area (Å²) in [5.74, 6) is -5.42. The van der Waals surface area contributed by atoms with Gasteiger partial charge in [-0.3, -0.25) is 19.3 Å². The van der Waals surface area contributed by atoms with Crippen LogP contribution in [-0.2, 0) is 19.2 Å². The standard InChI is InChI=1S/C16H13ClN2O6S/c17-8-6-26-14-10(13(21)19(14)11(8)16(24)25)18-12(20)9(15(22)23)7-4-2-1-3-5-7/h1-5,9-10,14H,6H2,(H,18,20)(H,22,23)(H,24,25)/t9?,10?,14-/m0/s1. The Balaban J connectivity index is 1.78. The van der Waals surface area contributed by atoms with E-state index in [4.69, 9.17) is 11.6 Å². The fourth-order valence-corrected chi connectivity index (χ4v) is 4.42. The van der Waals surface area contributed by atoms with Gasteiger partial charge in [0.2, 0.25) is 5.91 Å². The van der Waals surface area contributed by atoms with Gasteiger partial charge in [0.05, 0.1) is 5.03 Å². The van der Waals surface area contributed by atoms with E-state index in [2.05, 4.69) is 5.32 Å². The minimum atomic E-state index is -1.47. The molecule has 0 saturated carbocycles. The van der Waals surface area contributed by atoms with Crippen molar-refractivity contribution in [2.45, 2.75) is 17.3 Å². The number of benzene rings is 1. The molecule has 1 fully saturated rings. The number of carboxylic acid groups (broad SMARTS) is 2. The van der Waals surface area contributed by atoms with E-state index in [0.29, 0.717) is 0 Å². The Bertz CT molecular complexity index is 827. The monoisotopic (exact) mass is 396 g/mol. The van der Waals surface area contributed by atoms with E-state index in [0.717, 1.165) is 4.90 Å². The Morgan fingerprint density at radius 2 is 1.88 bits per heavy atom. The van der Waals surface area contributed by atoms with Crippen molar-refractivity contribution >= 4 is 47.1 Å². The summed E-state index contributed by atoms with van der Waals surface area (Å²) in [4.78, 5) is 48.6. The van der Waals surface area contributed by atoms with Gasteiger partial charge in [-0.2, -0.15) is 0 Å². The maximum Gasteiger partial charge on any atom is 0.353 e. The molecule has 3 N–H and O–H groups in total. The molecule has 10 heteroatoms. The molecule has 136 valence electrons. The second-order valence-electron chi connectivity index (χ2n) is 5.64. The summed E-state index contributed by atoms with van der Waals surface area (Å²) < 4.78 is 0. The molecular formula is C16H13ClN2O6S. The third-order valence-corrected chi connectivity index (χ3v) is 5.82. The van der Waals surface area contributed by atoms with Crippen LogP contribution >= 0.6 is 23.4 Å². The van der Waals surface area contributed by atoms with Crippen molar-refractivity contribution in [2.75, 3.05) is 5.75 Å². The van der Waals surface area contributed by atoms with Crippen molar-refractivity contribution < 1.29 is 29.4 Å². The molecule has 0 bridgehead atoms. The molecule has 2 aliphatic heterocycles. The fraction of sp³-hybridized carbons (Fsp3) is 0.250. The lowest BCUT2D eigenvalue weighted by Crippen LogP contribution is -2.70. The van der Waals surface area contributed by atoms with Crippen LogP contribution in [0.25, 0.3) is 0 Å². The number of carbonyl (C=O) groups is 4. The van der Waals surface area contributed by atoms with Gasteiger partial charge in [0.25, 0.3) is 5.91 Å². The molecule has 3 atom stereocenters. The number of nitrogens with zero attached hydrogens (tertiary/aromatic N) is 1. The molecule has 0 spiro atoms. The molecule has 2 aliphatic rings. The highest BCUT2D eigenvalue weighted by Crippen LogP contribution is 2.41. The molecule has 2 heterocycles. The van der Waals surface area contributed by atoms with Crippen molar-refractivity contribution in [3.63, 3.8) is 0 Å². The molecule has 1 aromatic carbocycles. The molecule has 8 nitrogen and oxygen atoms in total. The number of nitrogens with one attached hydrogen (secondary N) is 1. The first-order valence-corrected chi connectivity index (χ1v) is 8.90. The van der Waals surface area contributed by atoms with Gasteiger partial charge in [0.15, 0.2) is 5.92 Å². The Morgan fingerprint density at radius 1 is 1.23 bits per heavy atom. The zero-order valence-corrected chi connectivity index (χ0v) is 14.7. The summed E-state index contributed by atoms with van der Waals surface area (Å²) >= 11 is 7.08. The van der Waals surface area contributed by atoms with Gasteiger partial charge in [0.1, 0.15) is 17.1 Å². The Hall–Kier alpha value is -2.52. The summed E-state index contributed by atoms with van der Waals surface area (Å²) in [5.41, 5.74) is -0.0182. The van der Waals surface area contributed by atoms with E-state index in [9.17, 15) is 29.4 Å². The van der Waals surface area contributed by atoms with E-state index in [1.807, 2.05) is 0 Å². The minimum absolute atomic E-state index is 0.0459. The average Bonchev–Trinajstić information content (AvgIpc) is 2.60. The van der Waals surface area contributed by atoms with Crippen LogP contribution in [-0.4, -0.2) is 56.0 Å². The second-order valence-corrected chi connectivity index (χ2v) is 7.20. The van der Waals surface area contributed by atoms with Gasteiger partial charge in [0, 0.05) is 5.75 Å². The first kappa shape index (κ1) is 18.3. The predicted octanol–water partition coefficient (Wildman–Crippen LogP) is 0.790. The second kappa shape index (κ2) is 7.00. The molecule has 0 aliphatic carbocycles. The molecule has 2 amide bonds. The molecule has 1 aromatic rings. The lowest BCUT2D eigenvalue weighted by Gasteiger charge is -2.48. The first-order chi connectivity index (χ1) is 12.3. The molecule has 3 rings (SSSR count). The van der Waals surface area contributed by atoms with E-state index < -0.39 is 41.1 Å².